The quantitative estimate of drug-likeness (QED) is 0.715. The van der Waals surface area contributed by atoms with Crippen LogP contribution in [0.2, 0.25) is 0 Å². The van der Waals surface area contributed by atoms with Gasteiger partial charge in [0.25, 0.3) is 0 Å². The monoisotopic (exact) mass is 223 g/mol. The molecule has 0 atom stereocenters. The predicted octanol–water partition coefficient (Wildman–Crippen LogP) is 2.52. The molecule has 0 aliphatic rings. The van der Waals surface area contributed by atoms with Crippen LogP contribution in [0.15, 0.2) is 67.1 Å². The van der Waals surface area contributed by atoms with Gasteiger partial charge in [0.2, 0.25) is 0 Å². The number of hydrogen-bond acceptors (Lipinski definition) is 1. The Morgan fingerprint density at radius 2 is 2.00 bits per heavy atom. The molecule has 1 aromatic heterocycles. The maximum absolute atomic E-state index is 4.06. The minimum absolute atomic E-state index is 0.864. The van der Waals surface area contributed by atoms with Gasteiger partial charge in [-0.15, -0.1) is 0 Å². The number of aromatic nitrogens is 1. The summed E-state index contributed by atoms with van der Waals surface area (Å²) in [5, 5.41) is 1.91. The van der Waals surface area contributed by atoms with Crippen molar-refractivity contribution in [2.75, 3.05) is 0 Å². The first-order valence-corrected chi connectivity index (χ1v) is 5.43. The van der Waals surface area contributed by atoms with Crippen molar-refractivity contribution in [2.45, 2.75) is 6.92 Å². The molecule has 1 heteroatoms. The Morgan fingerprint density at radius 1 is 1.24 bits per heavy atom. The molecule has 86 valence electrons. The third-order valence-electron chi connectivity index (χ3n) is 2.29. The first-order chi connectivity index (χ1) is 8.15. The topological polar surface area (TPSA) is 12.9 Å². The smallest absolute Gasteiger partial charge is 0.0346 e. The third kappa shape index (κ3) is 4.07. The van der Waals surface area contributed by atoms with Gasteiger partial charge < -0.3 is 0 Å². The lowest BCUT2D eigenvalue weighted by Crippen LogP contribution is -2.23. The average Bonchev–Trinajstić information content (AvgIpc) is 2.32. The maximum Gasteiger partial charge on any atom is 0.0346 e. The van der Waals surface area contributed by atoms with Gasteiger partial charge in [0.15, 0.2) is 0 Å². The van der Waals surface area contributed by atoms with Crippen LogP contribution in [0, 0.1) is 0 Å². The average molecular weight is 223 g/mol. The van der Waals surface area contributed by atoms with Gasteiger partial charge in [0.05, 0.1) is 0 Å². The summed E-state index contributed by atoms with van der Waals surface area (Å²) >= 11 is 0. The summed E-state index contributed by atoms with van der Waals surface area (Å²) < 4.78 is 0. The van der Waals surface area contributed by atoms with Crippen molar-refractivity contribution >= 4 is 12.7 Å². The molecule has 0 radical (unpaired) electrons. The Hall–Kier alpha value is -2.15. The van der Waals surface area contributed by atoms with Gasteiger partial charge in [-0.3, -0.25) is 4.98 Å². The number of nitrogens with zero attached hydrogens (tertiary/aromatic N) is 1. The van der Waals surface area contributed by atoms with E-state index in [2.05, 4.69) is 24.7 Å². The van der Waals surface area contributed by atoms with E-state index in [-0.39, 0.29) is 0 Å². The van der Waals surface area contributed by atoms with Gasteiger partial charge in [0, 0.05) is 12.4 Å². The van der Waals surface area contributed by atoms with Crippen LogP contribution in [-0.4, -0.2) is 4.98 Å². The predicted molar refractivity (Wildman–Crippen MR) is 75.7 cm³/mol. The van der Waals surface area contributed by atoms with E-state index < -0.39 is 0 Å². The van der Waals surface area contributed by atoms with Gasteiger partial charge in [-0.05, 0) is 40.6 Å². The number of hydrogen-bond donors (Lipinski definition) is 0. The van der Waals surface area contributed by atoms with Crippen LogP contribution in [-0.2, 0) is 0 Å². The molecular weight excluding hydrogens is 206 g/mol. The SMILES string of the molecule is C=C(/C=C/C=C\C)C(=C)/C=c1/cnccc1=C. The van der Waals surface area contributed by atoms with Gasteiger partial charge in [-0.2, -0.15) is 0 Å². The minimum atomic E-state index is 0.864. The second kappa shape index (κ2) is 6.44. The van der Waals surface area contributed by atoms with E-state index in [1.807, 2.05) is 43.4 Å². The van der Waals surface area contributed by atoms with Crippen LogP contribution in [0.1, 0.15) is 6.92 Å². The third-order valence-corrected chi connectivity index (χ3v) is 2.29. The first kappa shape index (κ1) is 12.9. The van der Waals surface area contributed by atoms with Crippen molar-refractivity contribution in [3.63, 3.8) is 0 Å². The van der Waals surface area contributed by atoms with Crippen LogP contribution in [0.5, 0.6) is 0 Å². The second-order valence-electron chi connectivity index (χ2n) is 3.65. The fourth-order valence-electron chi connectivity index (χ4n) is 1.24. The zero-order chi connectivity index (χ0) is 12.7. The minimum Gasteiger partial charge on any atom is -0.264 e. The normalized spacial score (nSPS) is 12.4. The molecule has 0 aliphatic carbocycles. The van der Waals surface area contributed by atoms with Crippen LogP contribution in [0.3, 0.4) is 0 Å². The molecule has 0 aliphatic heterocycles. The van der Waals surface area contributed by atoms with Crippen molar-refractivity contribution in [1.29, 1.82) is 0 Å². The fraction of sp³-hybridized carbons (Fsp3) is 0.0625. The molecule has 0 amide bonds. The summed E-state index contributed by atoms with van der Waals surface area (Å²) in [6.45, 7) is 13.9. The molecular formula is C16H17N. The number of rotatable bonds is 4. The van der Waals surface area contributed by atoms with Gasteiger partial charge in [-0.1, -0.05) is 44.0 Å². The molecule has 0 saturated heterocycles. The first-order valence-electron chi connectivity index (χ1n) is 5.43. The molecule has 1 aromatic rings. The van der Waals surface area contributed by atoms with Crippen LogP contribution in [0.25, 0.3) is 12.7 Å². The van der Waals surface area contributed by atoms with E-state index in [1.54, 1.807) is 12.4 Å². The zero-order valence-corrected chi connectivity index (χ0v) is 10.2. The van der Waals surface area contributed by atoms with E-state index in [1.165, 1.54) is 0 Å². The molecule has 0 bridgehead atoms. The van der Waals surface area contributed by atoms with Crippen LogP contribution in [0.4, 0.5) is 0 Å². The van der Waals surface area contributed by atoms with E-state index in [0.717, 1.165) is 21.6 Å². The molecule has 0 aromatic carbocycles. The fourth-order valence-corrected chi connectivity index (χ4v) is 1.24. The highest BCUT2D eigenvalue weighted by molar-refractivity contribution is 5.58. The van der Waals surface area contributed by atoms with Gasteiger partial charge in [-0.25, -0.2) is 0 Å². The maximum atomic E-state index is 4.06. The summed E-state index contributed by atoms with van der Waals surface area (Å²) in [5.41, 5.74) is 1.75. The Kier molecular flexibility index (Phi) is 4.89. The summed E-state index contributed by atoms with van der Waals surface area (Å²) in [4.78, 5) is 4.06. The van der Waals surface area contributed by atoms with E-state index >= 15 is 0 Å². The molecule has 1 nitrogen and oxygen atoms in total. The number of allylic oxidation sites excluding steroid dienone is 6. The highest BCUT2D eigenvalue weighted by atomic mass is 14.6. The Morgan fingerprint density at radius 3 is 2.65 bits per heavy atom. The second-order valence-corrected chi connectivity index (χ2v) is 3.65. The standard InChI is InChI=1S/C16H17N/c1-5-6-7-8-13(2)15(4)11-16-12-17-10-9-14(16)3/h5-12H,2-4H2,1H3/b6-5-,8-7+,16-11-. The molecule has 0 unspecified atom stereocenters. The molecule has 0 fully saturated rings. The van der Waals surface area contributed by atoms with E-state index in [9.17, 15) is 0 Å². The summed E-state index contributed by atoms with van der Waals surface area (Å²) in [5.74, 6) is 0. The molecule has 17 heavy (non-hydrogen) atoms. The molecule has 1 heterocycles. The molecule has 1 rings (SSSR count). The van der Waals surface area contributed by atoms with Crippen molar-refractivity contribution in [3.8, 4) is 0 Å². The van der Waals surface area contributed by atoms with Crippen molar-refractivity contribution < 1.29 is 0 Å². The lowest BCUT2D eigenvalue weighted by Gasteiger charge is -1.98. The summed E-state index contributed by atoms with van der Waals surface area (Å²) in [7, 11) is 0. The lowest BCUT2D eigenvalue weighted by molar-refractivity contribution is 1.27. The van der Waals surface area contributed by atoms with Crippen LogP contribution < -0.4 is 10.4 Å². The summed E-state index contributed by atoms with van der Waals surface area (Å²) in [6.07, 6.45) is 13.2. The van der Waals surface area contributed by atoms with Crippen molar-refractivity contribution in [3.05, 3.63) is 77.5 Å². The Labute approximate surface area is 103 Å². The molecule has 0 spiro atoms. The highest BCUT2D eigenvalue weighted by Crippen LogP contribution is 2.07. The highest BCUT2D eigenvalue weighted by Gasteiger charge is 1.91. The van der Waals surface area contributed by atoms with Crippen molar-refractivity contribution in [2.24, 2.45) is 0 Å². The Bertz CT molecular complexity index is 574. The van der Waals surface area contributed by atoms with E-state index in [4.69, 9.17) is 0 Å². The largest absolute Gasteiger partial charge is 0.264 e. The number of pyridine rings is 1. The zero-order valence-electron chi connectivity index (χ0n) is 10.2. The Balaban J connectivity index is 2.94. The van der Waals surface area contributed by atoms with Gasteiger partial charge in [0.1, 0.15) is 0 Å². The van der Waals surface area contributed by atoms with Crippen LogP contribution >= 0.6 is 0 Å². The van der Waals surface area contributed by atoms with Crippen molar-refractivity contribution in [1.82, 2.24) is 4.98 Å². The lowest BCUT2D eigenvalue weighted by atomic mass is 10.1. The molecule has 0 N–H and O–H groups in total. The van der Waals surface area contributed by atoms with E-state index in [0.29, 0.717) is 0 Å². The van der Waals surface area contributed by atoms with Gasteiger partial charge >= 0.3 is 0 Å². The molecule has 0 saturated carbocycles. The summed E-state index contributed by atoms with van der Waals surface area (Å²) in [6, 6.07) is 1.87.